The molecule has 1 fully saturated rings. The van der Waals surface area contributed by atoms with Crippen molar-refractivity contribution >= 4 is 28.8 Å². The molecule has 2 heterocycles. The van der Waals surface area contributed by atoms with Crippen molar-refractivity contribution in [1.29, 1.82) is 0 Å². The van der Waals surface area contributed by atoms with Crippen LogP contribution in [-0.2, 0) is 11.3 Å². The fourth-order valence-corrected chi connectivity index (χ4v) is 2.79. The lowest BCUT2D eigenvalue weighted by Gasteiger charge is -2.29. The van der Waals surface area contributed by atoms with E-state index in [4.69, 9.17) is 16.3 Å². The van der Waals surface area contributed by atoms with Gasteiger partial charge in [-0.05, 0) is 18.2 Å². The number of nitrogens with zero attached hydrogens (tertiary/aromatic N) is 3. The van der Waals surface area contributed by atoms with Gasteiger partial charge in [0, 0.05) is 42.5 Å². The van der Waals surface area contributed by atoms with Crippen molar-refractivity contribution in [3.8, 4) is 0 Å². The first-order valence-electron chi connectivity index (χ1n) is 7.59. The van der Waals surface area contributed by atoms with E-state index in [1.54, 1.807) is 18.3 Å². The Morgan fingerprint density at radius 1 is 1.33 bits per heavy atom. The van der Waals surface area contributed by atoms with E-state index < -0.39 is 4.92 Å². The maximum absolute atomic E-state index is 11.2. The number of halogens is 1. The van der Waals surface area contributed by atoms with Crippen LogP contribution >= 0.6 is 11.6 Å². The van der Waals surface area contributed by atoms with Crippen LogP contribution in [0.2, 0.25) is 5.02 Å². The molecule has 0 unspecified atom stereocenters. The van der Waals surface area contributed by atoms with Crippen LogP contribution in [0.1, 0.15) is 5.56 Å². The minimum Gasteiger partial charge on any atom is -0.378 e. The predicted octanol–water partition coefficient (Wildman–Crippen LogP) is 3.09. The van der Waals surface area contributed by atoms with E-state index in [-0.39, 0.29) is 5.69 Å². The van der Waals surface area contributed by atoms with Crippen LogP contribution in [0.15, 0.2) is 36.5 Å². The lowest BCUT2D eigenvalue weighted by atomic mass is 10.2. The Morgan fingerprint density at radius 3 is 2.88 bits per heavy atom. The molecule has 1 aliphatic rings. The van der Waals surface area contributed by atoms with Gasteiger partial charge in [-0.15, -0.1) is 0 Å². The van der Waals surface area contributed by atoms with E-state index in [0.29, 0.717) is 30.5 Å². The van der Waals surface area contributed by atoms with E-state index >= 15 is 0 Å². The molecule has 1 aliphatic heterocycles. The van der Waals surface area contributed by atoms with Crippen LogP contribution in [0.4, 0.5) is 17.2 Å². The molecule has 2 aromatic rings. The lowest BCUT2D eigenvalue weighted by Crippen LogP contribution is -2.37. The molecular weight excluding hydrogens is 332 g/mol. The average Bonchev–Trinajstić information content (AvgIpc) is 2.61. The van der Waals surface area contributed by atoms with Gasteiger partial charge in [0.05, 0.1) is 18.1 Å². The maximum Gasteiger partial charge on any atom is 0.293 e. The highest BCUT2D eigenvalue weighted by Crippen LogP contribution is 2.29. The van der Waals surface area contributed by atoms with Crippen molar-refractivity contribution in [3.63, 3.8) is 0 Å². The number of ether oxygens (including phenoxy) is 1. The fourth-order valence-electron chi connectivity index (χ4n) is 2.62. The summed E-state index contributed by atoms with van der Waals surface area (Å²) in [6.45, 7) is 3.34. The van der Waals surface area contributed by atoms with Gasteiger partial charge in [0.25, 0.3) is 5.69 Å². The van der Waals surface area contributed by atoms with Crippen molar-refractivity contribution in [2.24, 2.45) is 0 Å². The number of aromatic nitrogens is 1. The SMILES string of the molecule is O=[N+]([O-])c1cc(Cl)ccc1NCc1cccnc1N1CCOCC1. The van der Waals surface area contributed by atoms with Crippen LogP contribution in [-0.4, -0.2) is 36.2 Å². The topological polar surface area (TPSA) is 80.5 Å². The van der Waals surface area contributed by atoms with Crippen molar-refractivity contribution in [1.82, 2.24) is 4.98 Å². The molecular formula is C16H17ClN4O3. The zero-order chi connectivity index (χ0) is 16.9. The summed E-state index contributed by atoms with van der Waals surface area (Å²) in [5, 5.41) is 14.6. The van der Waals surface area contributed by atoms with Crippen LogP contribution in [0.5, 0.6) is 0 Å². The molecule has 126 valence electrons. The Morgan fingerprint density at radius 2 is 2.12 bits per heavy atom. The summed E-state index contributed by atoms with van der Waals surface area (Å²) in [6.07, 6.45) is 1.75. The summed E-state index contributed by atoms with van der Waals surface area (Å²) >= 11 is 5.84. The smallest absolute Gasteiger partial charge is 0.293 e. The normalized spacial score (nSPS) is 14.5. The third-order valence-electron chi connectivity index (χ3n) is 3.80. The van der Waals surface area contributed by atoms with Crippen molar-refractivity contribution < 1.29 is 9.66 Å². The van der Waals surface area contributed by atoms with Gasteiger partial charge in [0.15, 0.2) is 0 Å². The number of hydrogen-bond acceptors (Lipinski definition) is 6. The standard InChI is InChI=1S/C16H17ClN4O3/c17-13-3-4-14(15(10-13)21(22)23)19-11-12-2-1-5-18-16(12)20-6-8-24-9-7-20/h1-5,10,19H,6-9,11H2. The quantitative estimate of drug-likeness (QED) is 0.660. The monoisotopic (exact) mass is 348 g/mol. The largest absolute Gasteiger partial charge is 0.378 e. The van der Waals surface area contributed by atoms with E-state index in [2.05, 4.69) is 15.2 Å². The van der Waals surface area contributed by atoms with E-state index in [1.165, 1.54) is 6.07 Å². The van der Waals surface area contributed by atoms with Gasteiger partial charge in [-0.2, -0.15) is 0 Å². The second kappa shape index (κ2) is 7.46. The molecule has 1 N–H and O–H groups in total. The van der Waals surface area contributed by atoms with Gasteiger partial charge in [-0.25, -0.2) is 4.98 Å². The Balaban J connectivity index is 1.79. The van der Waals surface area contributed by atoms with E-state index in [1.807, 2.05) is 12.1 Å². The number of nitrogens with one attached hydrogen (secondary N) is 1. The third-order valence-corrected chi connectivity index (χ3v) is 4.04. The number of anilines is 2. The number of nitro groups is 1. The van der Waals surface area contributed by atoms with Crippen LogP contribution in [0.3, 0.4) is 0 Å². The number of benzene rings is 1. The Kier molecular flexibility index (Phi) is 5.12. The predicted molar refractivity (Wildman–Crippen MR) is 92.7 cm³/mol. The van der Waals surface area contributed by atoms with Crippen LogP contribution in [0, 0.1) is 10.1 Å². The molecule has 24 heavy (non-hydrogen) atoms. The van der Waals surface area contributed by atoms with Gasteiger partial charge in [-0.3, -0.25) is 10.1 Å². The number of rotatable bonds is 5. The average molecular weight is 349 g/mol. The first-order valence-corrected chi connectivity index (χ1v) is 7.97. The molecule has 0 spiro atoms. The van der Waals surface area contributed by atoms with Gasteiger partial charge in [-0.1, -0.05) is 17.7 Å². The maximum atomic E-state index is 11.2. The molecule has 0 aliphatic carbocycles. The molecule has 0 radical (unpaired) electrons. The van der Waals surface area contributed by atoms with Gasteiger partial charge in [0.2, 0.25) is 0 Å². The highest BCUT2D eigenvalue weighted by molar-refractivity contribution is 6.30. The molecule has 1 aromatic carbocycles. The molecule has 0 atom stereocenters. The molecule has 0 amide bonds. The fraction of sp³-hybridized carbons (Fsp3) is 0.312. The Hall–Kier alpha value is -2.38. The minimum atomic E-state index is -0.444. The van der Waals surface area contributed by atoms with Gasteiger partial charge >= 0.3 is 0 Å². The molecule has 7 nitrogen and oxygen atoms in total. The Labute approximate surface area is 144 Å². The van der Waals surface area contributed by atoms with E-state index in [9.17, 15) is 10.1 Å². The van der Waals surface area contributed by atoms with E-state index in [0.717, 1.165) is 24.5 Å². The summed E-state index contributed by atoms with van der Waals surface area (Å²) in [5.41, 5.74) is 1.36. The summed E-state index contributed by atoms with van der Waals surface area (Å²) in [7, 11) is 0. The molecule has 8 heteroatoms. The second-order valence-electron chi connectivity index (χ2n) is 5.36. The molecule has 1 aromatic heterocycles. The molecule has 1 saturated heterocycles. The number of morpholine rings is 1. The number of hydrogen-bond donors (Lipinski definition) is 1. The van der Waals surface area contributed by atoms with Crippen molar-refractivity contribution in [2.45, 2.75) is 6.54 Å². The van der Waals surface area contributed by atoms with Crippen molar-refractivity contribution in [3.05, 3.63) is 57.2 Å². The third kappa shape index (κ3) is 3.74. The molecule has 0 saturated carbocycles. The van der Waals surface area contributed by atoms with Crippen molar-refractivity contribution in [2.75, 3.05) is 36.5 Å². The molecule has 3 rings (SSSR count). The minimum absolute atomic E-state index is 0.0423. The first-order chi connectivity index (χ1) is 11.6. The van der Waals surface area contributed by atoms with Crippen LogP contribution in [0.25, 0.3) is 0 Å². The highest BCUT2D eigenvalue weighted by Gasteiger charge is 2.17. The van der Waals surface area contributed by atoms with Gasteiger partial charge in [0.1, 0.15) is 11.5 Å². The zero-order valence-electron chi connectivity index (χ0n) is 12.9. The summed E-state index contributed by atoms with van der Waals surface area (Å²) < 4.78 is 5.37. The second-order valence-corrected chi connectivity index (χ2v) is 5.79. The summed E-state index contributed by atoms with van der Waals surface area (Å²) in [6, 6.07) is 8.41. The Bertz CT molecular complexity index is 735. The summed E-state index contributed by atoms with van der Waals surface area (Å²) in [5.74, 6) is 0.880. The van der Waals surface area contributed by atoms with Crippen LogP contribution < -0.4 is 10.2 Å². The zero-order valence-corrected chi connectivity index (χ0v) is 13.7. The first kappa shape index (κ1) is 16.5. The number of nitro benzene ring substituents is 1. The molecule has 0 bridgehead atoms. The van der Waals surface area contributed by atoms with Gasteiger partial charge < -0.3 is 15.0 Å². The summed E-state index contributed by atoms with van der Waals surface area (Å²) in [4.78, 5) is 17.4. The number of pyridine rings is 1. The lowest BCUT2D eigenvalue weighted by molar-refractivity contribution is -0.383. The highest BCUT2D eigenvalue weighted by atomic mass is 35.5.